The Morgan fingerprint density at radius 2 is 2.25 bits per heavy atom. The number of benzene rings is 1. The Morgan fingerprint density at radius 3 is 3.00 bits per heavy atom. The van der Waals surface area contributed by atoms with Crippen LogP contribution in [0.4, 0.5) is 5.69 Å². The number of carbonyl (C=O) groups excluding carboxylic acids is 1. The molecule has 2 saturated heterocycles. The van der Waals surface area contributed by atoms with Crippen LogP contribution in [-0.2, 0) is 4.79 Å². The topological polar surface area (TPSA) is 69.6 Å². The van der Waals surface area contributed by atoms with Gasteiger partial charge in [0.25, 0.3) is 0 Å². The van der Waals surface area contributed by atoms with Gasteiger partial charge < -0.3 is 15.3 Å². The van der Waals surface area contributed by atoms with Crippen LogP contribution in [0.25, 0.3) is 0 Å². The van der Waals surface area contributed by atoms with Crippen molar-refractivity contribution in [3.05, 3.63) is 29.3 Å². The summed E-state index contributed by atoms with van der Waals surface area (Å²) in [5.41, 5.74) is 1.99. The van der Waals surface area contributed by atoms with Crippen molar-refractivity contribution in [1.29, 1.82) is 0 Å². The largest absolute Gasteiger partial charge is 0.478 e. The van der Waals surface area contributed by atoms with Gasteiger partial charge in [0.15, 0.2) is 0 Å². The number of hydrogen-bond acceptors (Lipinski definition) is 3. The predicted octanol–water partition coefficient (Wildman–Crippen LogP) is 1.41. The van der Waals surface area contributed by atoms with Crippen LogP contribution in [-0.4, -0.2) is 36.1 Å². The zero-order chi connectivity index (χ0) is 14.3. The van der Waals surface area contributed by atoms with Gasteiger partial charge in [0.2, 0.25) is 5.91 Å². The molecular weight excluding hydrogens is 256 g/mol. The molecule has 0 saturated carbocycles. The highest BCUT2D eigenvalue weighted by molar-refractivity contribution is 5.95. The second-order valence-electron chi connectivity index (χ2n) is 5.58. The number of aromatic carboxylic acids is 1. The zero-order valence-corrected chi connectivity index (χ0v) is 11.4. The van der Waals surface area contributed by atoms with Crippen LogP contribution in [0.3, 0.4) is 0 Å². The van der Waals surface area contributed by atoms with E-state index in [1.54, 1.807) is 6.07 Å². The Hall–Kier alpha value is -2.04. The van der Waals surface area contributed by atoms with E-state index in [2.05, 4.69) is 10.2 Å². The van der Waals surface area contributed by atoms with Crippen molar-refractivity contribution < 1.29 is 14.7 Å². The number of rotatable bonds is 2. The SMILES string of the molecule is Cc1ccc(N2CCCC3C(=O)NCC32)c(C(=O)O)c1. The fraction of sp³-hybridized carbons (Fsp3) is 0.467. The molecule has 2 N–H and O–H groups in total. The monoisotopic (exact) mass is 274 g/mol. The number of nitrogens with zero attached hydrogens (tertiary/aromatic N) is 1. The van der Waals surface area contributed by atoms with E-state index in [9.17, 15) is 14.7 Å². The van der Waals surface area contributed by atoms with Gasteiger partial charge >= 0.3 is 5.97 Å². The number of anilines is 1. The number of carboxylic acids is 1. The third kappa shape index (κ3) is 2.03. The molecule has 0 aromatic heterocycles. The lowest BCUT2D eigenvalue weighted by molar-refractivity contribution is -0.122. The summed E-state index contributed by atoms with van der Waals surface area (Å²) < 4.78 is 0. The molecule has 0 aliphatic carbocycles. The van der Waals surface area contributed by atoms with Crippen molar-refractivity contribution in [1.82, 2.24) is 5.32 Å². The van der Waals surface area contributed by atoms with Crippen LogP contribution >= 0.6 is 0 Å². The molecule has 2 atom stereocenters. The molecule has 0 spiro atoms. The minimum Gasteiger partial charge on any atom is -0.478 e. The average Bonchev–Trinajstić information content (AvgIpc) is 2.81. The molecule has 5 heteroatoms. The van der Waals surface area contributed by atoms with E-state index in [1.165, 1.54) is 0 Å². The standard InChI is InChI=1S/C15H18N2O3/c1-9-4-5-12(11(7-9)15(19)20)17-6-2-3-10-13(17)8-16-14(10)18/h4-5,7,10,13H,2-3,6,8H2,1H3,(H,16,18)(H,19,20). The Bertz CT molecular complexity index is 570. The summed E-state index contributed by atoms with van der Waals surface area (Å²) >= 11 is 0. The summed E-state index contributed by atoms with van der Waals surface area (Å²) in [6, 6.07) is 5.57. The highest BCUT2D eigenvalue weighted by atomic mass is 16.4. The molecular formula is C15H18N2O3. The van der Waals surface area contributed by atoms with Crippen molar-refractivity contribution in [3.63, 3.8) is 0 Å². The van der Waals surface area contributed by atoms with Crippen LogP contribution in [0.2, 0.25) is 0 Å². The Morgan fingerprint density at radius 1 is 1.45 bits per heavy atom. The highest BCUT2D eigenvalue weighted by Crippen LogP contribution is 2.33. The first kappa shape index (κ1) is 13.0. The lowest BCUT2D eigenvalue weighted by Gasteiger charge is -2.38. The third-order valence-electron chi connectivity index (χ3n) is 4.29. The van der Waals surface area contributed by atoms with E-state index >= 15 is 0 Å². The summed E-state index contributed by atoms with van der Waals surface area (Å²) in [4.78, 5) is 25.4. The maximum absolute atomic E-state index is 11.8. The van der Waals surface area contributed by atoms with E-state index in [0.29, 0.717) is 12.1 Å². The van der Waals surface area contributed by atoms with Crippen LogP contribution in [0.15, 0.2) is 18.2 Å². The molecule has 2 heterocycles. The molecule has 1 aromatic rings. The van der Waals surface area contributed by atoms with E-state index in [0.717, 1.165) is 30.6 Å². The molecule has 2 unspecified atom stereocenters. The lowest BCUT2D eigenvalue weighted by atomic mass is 9.90. The number of piperidine rings is 1. The van der Waals surface area contributed by atoms with E-state index in [-0.39, 0.29) is 17.9 Å². The molecule has 106 valence electrons. The first-order chi connectivity index (χ1) is 9.58. The molecule has 5 nitrogen and oxygen atoms in total. The van der Waals surface area contributed by atoms with Gasteiger partial charge in [-0.3, -0.25) is 4.79 Å². The van der Waals surface area contributed by atoms with Gasteiger partial charge in [-0.2, -0.15) is 0 Å². The van der Waals surface area contributed by atoms with Gasteiger partial charge in [0.05, 0.1) is 23.2 Å². The van der Waals surface area contributed by atoms with Gasteiger partial charge in [0, 0.05) is 13.1 Å². The van der Waals surface area contributed by atoms with E-state index in [4.69, 9.17) is 0 Å². The Kier molecular flexibility index (Phi) is 3.12. The third-order valence-corrected chi connectivity index (χ3v) is 4.29. The quantitative estimate of drug-likeness (QED) is 0.855. The maximum atomic E-state index is 11.8. The molecule has 0 radical (unpaired) electrons. The minimum absolute atomic E-state index is 0.00769. The predicted molar refractivity (Wildman–Crippen MR) is 75.0 cm³/mol. The summed E-state index contributed by atoms with van der Waals surface area (Å²) in [6.45, 7) is 3.30. The van der Waals surface area contributed by atoms with Gasteiger partial charge in [-0.15, -0.1) is 0 Å². The van der Waals surface area contributed by atoms with Gasteiger partial charge in [-0.25, -0.2) is 4.79 Å². The van der Waals surface area contributed by atoms with Gasteiger partial charge in [-0.05, 0) is 31.9 Å². The van der Waals surface area contributed by atoms with Crippen LogP contribution in [0, 0.1) is 12.8 Å². The van der Waals surface area contributed by atoms with Crippen molar-refractivity contribution >= 4 is 17.6 Å². The second kappa shape index (κ2) is 4.81. The Balaban J connectivity index is 2.00. The molecule has 20 heavy (non-hydrogen) atoms. The van der Waals surface area contributed by atoms with Crippen LogP contribution in [0.5, 0.6) is 0 Å². The Labute approximate surface area is 117 Å². The number of carbonyl (C=O) groups is 2. The van der Waals surface area contributed by atoms with Gasteiger partial charge in [0.1, 0.15) is 0 Å². The van der Waals surface area contributed by atoms with E-state index < -0.39 is 5.97 Å². The maximum Gasteiger partial charge on any atom is 0.337 e. The number of nitrogens with one attached hydrogen (secondary N) is 1. The minimum atomic E-state index is -0.914. The van der Waals surface area contributed by atoms with Crippen molar-refractivity contribution in [3.8, 4) is 0 Å². The fourth-order valence-electron chi connectivity index (χ4n) is 3.32. The van der Waals surface area contributed by atoms with E-state index in [1.807, 2.05) is 19.1 Å². The molecule has 0 bridgehead atoms. The molecule has 2 fully saturated rings. The van der Waals surface area contributed by atoms with Crippen molar-refractivity contribution in [2.45, 2.75) is 25.8 Å². The average molecular weight is 274 g/mol. The fourth-order valence-corrected chi connectivity index (χ4v) is 3.32. The number of carboxylic acid groups (broad SMARTS) is 1. The number of amides is 1. The molecule has 1 amide bonds. The zero-order valence-electron chi connectivity index (χ0n) is 11.4. The van der Waals surface area contributed by atoms with Gasteiger partial charge in [-0.1, -0.05) is 11.6 Å². The summed E-state index contributed by atoms with van der Waals surface area (Å²) in [6.07, 6.45) is 1.81. The smallest absolute Gasteiger partial charge is 0.337 e. The van der Waals surface area contributed by atoms with Crippen LogP contribution in [0.1, 0.15) is 28.8 Å². The van der Waals surface area contributed by atoms with Crippen LogP contribution < -0.4 is 10.2 Å². The summed E-state index contributed by atoms with van der Waals surface area (Å²) in [7, 11) is 0. The first-order valence-electron chi connectivity index (χ1n) is 6.96. The molecule has 2 aliphatic rings. The second-order valence-corrected chi connectivity index (χ2v) is 5.58. The number of hydrogen-bond donors (Lipinski definition) is 2. The number of aryl methyl sites for hydroxylation is 1. The first-order valence-corrected chi connectivity index (χ1v) is 6.96. The molecule has 3 rings (SSSR count). The number of fused-ring (bicyclic) bond motifs is 1. The summed E-state index contributed by atoms with van der Waals surface area (Å²) in [5.74, 6) is -0.821. The highest BCUT2D eigenvalue weighted by Gasteiger charge is 2.41. The normalized spacial score (nSPS) is 25.2. The summed E-state index contributed by atoms with van der Waals surface area (Å²) in [5, 5.41) is 12.3. The molecule has 1 aromatic carbocycles. The molecule has 2 aliphatic heterocycles. The van der Waals surface area contributed by atoms with Crippen molar-refractivity contribution in [2.24, 2.45) is 5.92 Å². The lowest BCUT2D eigenvalue weighted by Crippen LogP contribution is -2.46. The van der Waals surface area contributed by atoms with Crippen molar-refractivity contribution in [2.75, 3.05) is 18.0 Å².